The summed E-state index contributed by atoms with van der Waals surface area (Å²) in [6, 6.07) is 1.72. The van der Waals surface area contributed by atoms with Gasteiger partial charge in [-0.25, -0.2) is 18.1 Å². The number of rotatable bonds is 9. The van der Waals surface area contributed by atoms with E-state index in [9.17, 15) is 8.42 Å². The maximum absolute atomic E-state index is 12.1. The summed E-state index contributed by atoms with van der Waals surface area (Å²) in [6.07, 6.45) is 7.11. The van der Waals surface area contributed by atoms with Crippen LogP contribution in [0.2, 0.25) is 0 Å². The Kier molecular flexibility index (Phi) is 5.92. The van der Waals surface area contributed by atoms with Gasteiger partial charge in [0, 0.05) is 32.0 Å². The molecule has 2 N–H and O–H groups in total. The zero-order valence-corrected chi connectivity index (χ0v) is 13.6. The fourth-order valence-corrected chi connectivity index (χ4v) is 4.23. The molecule has 0 aliphatic carbocycles. The Hall–Kier alpha value is -1.22. The van der Waals surface area contributed by atoms with E-state index in [1.54, 1.807) is 18.6 Å². The Labute approximate surface area is 129 Å². The van der Waals surface area contributed by atoms with Gasteiger partial charge in [-0.15, -0.1) is 11.3 Å². The molecular weight excluding hydrogens is 308 g/mol. The number of sulfonamides is 1. The molecule has 2 heterocycles. The first kappa shape index (κ1) is 16.2. The number of nitrogens with one attached hydrogen (secondary N) is 2. The minimum atomic E-state index is -3.37. The summed E-state index contributed by atoms with van der Waals surface area (Å²) in [7, 11) is -1.53. The number of aryl methyl sites for hydroxylation is 1. The third kappa shape index (κ3) is 4.92. The van der Waals surface area contributed by atoms with E-state index >= 15 is 0 Å². The highest BCUT2D eigenvalue weighted by molar-refractivity contribution is 7.91. The molecule has 0 fully saturated rings. The van der Waals surface area contributed by atoms with Crippen molar-refractivity contribution in [3.63, 3.8) is 0 Å². The molecular formula is C13H20N4O2S2. The molecule has 8 heteroatoms. The number of thiophene rings is 1. The summed E-state index contributed by atoms with van der Waals surface area (Å²) in [4.78, 5) is 3.97. The zero-order chi connectivity index (χ0) is 15.1. The minimum absolute atomic E-state index is 0.377. The molecule has 0 spiro atoms. The van der Waals surface area contributed by atoms with Crippen molar-refractivity contribution in [1.29, 1.82) is 0 Å². The molecule has 116 valence electrons. The van der Waals surface area contributed by atoms with Gasteiger partial charge in [0.05, 0.1) is 6.33 Å². The van der Waals surface area contributed by atoms with Crippen molar-refractivity contribution in [1.82, 2.24) is 19.6 Å². The first-order chi connectivity index (χ1) is 10.1. The smallest absolute Gasteiger partial charge is 0.250 e. The summed E-state index contributed by atoms with van der Waals surface area (Å²) in [5, 5.41) is 4.87. The maximum atomic E-state index is 12.1. The predicted molar refractivity (Wildman–Crippen MR) is 83.7 cm³/mol. The fourth-order valence-electron chi connectivity index (χ4n) is 1.91. The largest absolute Gasteiger partial charge is 0.337 e. The molecule has 0 amide bonds. The van der Waals surface area contributed by atoms with Gasteiger partial charge in [-0.05, 0) is 36.9 Å². The first-order valence-corrected chi connectivity index (χ1v) is 9.15. The van der Waals surface area contributed by atoms with Crippen LogP contribution in [0.1, 0.15) is 18.4 Å². The van der Waals surface area contributed by atoms with Crippen LogP contribution in [0.4, 0.5) is 0 Å². The monoisotopic (exact) mass is 328 g/mol. The van der Waals surface area contributed by atoms with Crippen LogP contribution in [-0.4, -0.2) is 31.6 Å². The molecule has 2 aromatic heterocycles. The lowest BCUT2D eigenvalue weighted by Crippen LogP contribution is -2.24. The molecule has 2 aromatic rings. The average Bonchev–Trinajstić information content (AvgIpc) is 3.10. The first-order valence-electron chi connectivity index (χ1n) is 6.79. The molecule has 21 heavy (non-hydrogen) atoms. The molecule has 0 bridgehead atoms. The third-order valence-electron chi connectivity index (χ3n) is 2.97. The van der Waals surface area contributed by atoms with Gasteiger partial charge in [0.15, 0.2) is 0 Å². The third-order valence-corrected chi connectivity index (χ3v) is 5.92. The molecule has 0 saturated carbocycles. The lowest BCUT2D eigenvalue weighted by atomic mass is 10.3. The van der Waals surface area contributed by atoms with E-state index in [-0.39, 0.29) is 0 Å². The van der Waals surface area contributed by atoms with Crippen molar-refractivity contribution in [2.45, 2.75) is 30.1 Å². The number of hydrogen-bond acceptors (Lipinski definition) is 5. The van der Waals surface area contributed by atoms with Gasteiger partial charge in [-0.1, -0.05) is 0 Å². The van der Waals surface area contributed by atoms with Gasteiger partial charge < -0.3 is 9.88 Å². The SMILES string of the molecule is CNCc1csc(S(=O)(=O)NCCCCn2ccnc2)c1. The molecule has 0 radical (unpaired) electrons. The van der Waals surface area contributed by atoms with Crippen molar-refractivity contribution >= 4 is 21.4 Å². The Morgan fingerprint density at radius 3 is 2.95 bits per heavy atom. The Balaban J connectivity index is 1.75. The topological polar surface area (TPSA) is 76.0 Å². The quantitative estimate of drug-likeness (QED) is 0.683. The normalized spacial score (nSPS) is 11.9. The van der Waals surface area contributed by atoms with Crippen LogP contribution >= 0.6 is 11.3 Å². The van der Waals surface area contributed by atoms with Crippen LogP contribution in [-0.2, 0) is 23.1 Å². The van der Waals surface area contributed by atoms with E-state index in [1.807, 2.05) is 23.2 Å². The summed E-state index contributed by atoms with van der Waals surface area (Å²) >= 11 is 1.26. The molecule has 0 unspecified atom stereocenters. The van der Waals surface area contributed by atoms with E-state index in [4.69, 9.17) is 0 Å². The number of hydrogen-bond donors (Lipinski definition) is 2. The predicted octanol–water partition coefficient (Wildman–Crippen LogP) is 1.42. The summed E-state index contributed by atoms with van der Waals surface area (Å²) < 4.78 is 29.2. The lowest BCUT2D eigenvalue weighted by molar-refractivity contribution is 0.567. The highest BCUT2D eigenvalue weighted by Crippen LogP contribution is 2.19. The van der Waals surface area contributed by atoms with E-state index in [0.717, 1.165) is 24.9 Å². The standard InChI is InChI=1S/C13H20N4O2S2/c1-14-9-12-8-13(20-10-12)21(18,19)16-4-2-3-6-17-7-5-15-11-17/h5,7-8,10-11,14,16H,2-4,6,9H2,1H3. The molecule has 0 atom stereocenters. The second-order valence-corrected chi connectivity index (χ2v) is 7.61. The molecule has 2 rings (SSSR count). The fraction of sp³-hybridized carbons (Fsp3) is 0.462. The van der Waals surface area contributed by atoms with Crippen molar-refractivity contribution in [3.05, 3.63) is 35.7 Å². The molecule has 0 saturated heterocycles. The van der Waals surface area contributed by atoms with Gasteiger partial charge in [0.1, 0.15) is 4.21 Å². The number of aromatic nitrogens is 2. The van der Waals surface area contributed by atoms with Crippen molar-refractivity contribution in [2.24, 2.45) is 0 Å². The Morgan fingerprint density at radius 2 is 2.24 bits per heavy atom. The number of nitrogens with zero attached hydrogens (tertiary/aromatic N) is 2. The van der Waals surface area contributed by atoms with Gasteiger partial charge in [-0.2, -0.15) is 0 Å². The number of unbranched alkanes of at least 4 members (excludes halogenated alkanes) is 1. The summed E-state index contributed by atoms with van der Waals surface area (Å²) in [5.74, 6) is 0. The second-order valence-electron chi connectivity index (χ2n) is 4.71. The van der Waals surface area contributed by atoms with Crippen molar-refractivity contribution in [2.75, 3.05) is 13.6 Å². The van der Waals surface area contributed by atoms with Crippen molar-refractivity contribution < 1.29 is 8.42 Å². The van der Waals surface area contributed by atoms with Crippen LogP contribution in [0.3, 0.4) is 0 Å². The van der Waals surface area contributed by atoms with Crippen molar-refractivity contribution in [3.8, 4) is 0 Å². The summed E-state index contributed by atoms with van der Waals surface area (Å²) in [5.41, 5.74) is 0.989. The molecule has 6 nitrogen and oxygen atoms in total. The van der Waals surface area contributed by atoms with Crippen LogP contribution in [0.25, 0.3) is 0 Å². The Bertz CT molecular complexity index is 635. The highest BCUT2D eigenvalue weighted by atomic mass is 32.2. The molecule has 0 aliphatic heterocycles. The van der Waals surface area contributed by atoms with Gasteiger partial charge in [0.2, 0.25) is 10.0 Å². The maximum Gasteiger partial charge on any atom is 0.250 e. The van der Waals surface area contributed by atoms with Gasteiger partial charge in [0.25, 0.3) is 0 Å². The summed E-state index contributed by atoms with van der Waals surface area (Å²) in [6.45, 7) is 1.99. The van der Waals surface area contributed by atoms with E-state index in [0.29, 0.717) is 17.3 Å². The average molecular weight is 328 g/mol. The van der Waals surface area contributed by atoms with E-state index in [1.165, 1.54) is 11.3 Å². The second kappa shape index (κ2) is 7.69. The Morgan fingerprint density at radius 1 is 1.38 bits per heavy atom. The van der Waals surface area contributed by atoms with E-state index in [2.05, 4.69) is 15.0 Å². The highest BCUT2D eigenvalue weighted by Gasteiger charge is 2.15. The van der Waals surface area contributed by atoms with Crippen LogP contribution in [0.15, 0.2) is 34.4 Å². The van der Waals surface area contributed by atoms with Gasteiger partial charge in [-0.3, -0.25) is 0 Å². The van der Waals surface area contributed by atoms with Crippen LogP contribution in [0, 0.1) is 0 Å². The minimum Gasteiger partial charge on any atom is -0.337 e. The van der Waals surface area contributed by atoms with Gasteiger partial charge >= 0.3 is 0 Å². The molecule has 0 aliphatic rings. The van der Waals surface area contributed by atoms with E-state index < -0.39 is 10.0 Å². The number of imidazole rings is 1. The molecule has 0 aromatic carbocycles. The zero-order valence-electron chi connectivity index (χ0n) is 11.9. The van der Waals surface area contributed by atoms with Crippen LogP contribution < -0.4 is 10.0 Å². The van der Waals surface area contributed by atoms with Crippen LogP contribution in [0.5, 0.6) is 0 Å². The lowest BCUT2D eigenvalue weighted by Gasteiger charge is -2.05.